The van der Waals surface area contributed by atoms with Gasteiger partial charge in [0.15, 0.2) is 11.5 Å². The number of carboxylic acids is 1. The molecule has 0 fully saturated rings. The average Bonchev–Trinajstić information content (AvgIpc) is 2.78. The van der Waals surface area contributed by atoms with Gasteiger partial charge in [-0.2, -0.15) is 0 Å². The van der Waals surface area contributed by atoms with E-state index in [4.69, 9.17) is 14.2 Å². The van der Waals surface area contributed by atoms with Gasteiger partial charge < -0.3 is 24.6 Å². The van der Waals surface area contributed by atoms with Gasteiger partial charge in [-0.15, -0.1) is 0 Å². The summed E-state index contributed by atoms with van der Waals surface area (Å²) in [5.74, 6) is 0.182. The lowest BCUT2D eigenvalue weighted by molar-refractivity contribution is 0.0697. The van der Waals surface area contributed by atoms with Crippen LogP contribution in [0.4, 0.5) is 10.1 Å². The Morgan fingerprint density at radius 3 is 2.48 bits per heavy atom. The third-order valence-electron chi connectivity index (χ3n) is 4.61. The van der Waals surface area contributed by atoms with Crippen LogP contribution < -0.4 is 19.5 Å². The Morgan fingerprint density at radius 1 is 1.00 bits per heavy atom. The highest BCUT2D eigenvalue weighted by molar-refractivity contribution is 5.89. The average molecular weight is 425 g/mol. The third kappa shape index (κ3) is 5.45. The second kappa shape index (κ2) is 10.3. The van der Waals surface area contributed by atoms with Gasteiger partial charge in [0.1, 0.15) is 18.2 Å². The number of rotatable bonds is 10. The van der Waals surface area contributed by atoms with Crippen molar-refractivity contribution in [3.8, 4) is 17.2 Å². The molecule has 0 aliphatic heterocycles. The number of methoxy groups -OCH3 is 1. The van der Waals surface area contributed by atoms with E-state index in [1.165, 1.54) is 25.3 Å². The zero-order valence-electron chi connectivity index (χ0n) is 17.4. The van der Waals surface area contributed by atoms with E-state index >= 15 is 0 Å². The highest BCUT2D eigenvalue weighted by Gasteiger charge is 2.14. The molecular weight excluding hydrogens is 401 g/mol. The lowest BCUT2D eigenvalue weighted by Crippen LogP contribution is -2.08. The molecule has 0 radical (unpaired) electrons. The second-order valence-corrected chi connectivity index (χ2v) is 6.63. The van der Waals surface area contributed by atoms with E-state index in [-0.39, 0.29) is 18.0 Å². The molecule has 0 unspecified atom stereocenters. The maximum absolute atomic E-state index is 14.0. The number of para-hydroxylation sites is 1. The van der Waals surface area contributed by atoms with E-state index < -0.39 is 5.97 Å². The van der Waals surface area contributed by atoms with E-state index in [0.29, 0.717) is 41.7 Å². The molecule has 3 rings (SSSR count). The number of carboxylic acid groups (broad SMARTS) is 1. The van der Waals surface area contributed by atoms with E-state index in [9.17, 15) is 14.3 Å². The normalized spacial score (nSPS) is 10.4. The van der Waals surface area contributed by atoms with Crippen molar-refractivity contribution in [1.82, 2.24) is 0 Å². The molecule has 0 aliphatic rings. The minimum Gasteiger partial charge on any atom is -0.495 e. The van der Waals surface area contributed by atoms with Crippen molar-refractivity contribution in [3.63, 3.8) is 0 Å². The Bertz CT molecular complexity index is 1050. The number of aromatic carboxylic acids is 1. The summed E-state index contributed by atoms with van der Waals surface area (Å²) in [6.45, 7) is 2.67. The molecule has 0 bridgehead atoms. The van der Waals surface area contributed by atoms with Crippen LogP contribution in [0.15, 0.2) is 60.7 Å². The van der Waals surface area contributed by atoms with Crippen LogP contribution >= 0.6 is 0 Å². The zero-order valence-corrected chi connectivity index (χ0v) is 17.4. The highest BCUT2D eigenvalue weighted by Crippen LogP contribution is 2.34. The summed E-state index contributed by atoms with van der Waals surface area (Å²) in [5.41, 5.74) is 1.88. The summed E-state index contributed by atoms with van der Waals surface area (Å²) < 4.78 is 31.0. The molecule has 0 amide bonds. The first-order chi connectivity index (χ1) is 15.0. The van der Waals surface area contributed by atoms with Crippen LogP contribution in [0.25, 0.3) is 0 Å². The lowest BCUT2D eigenvalue weighted by atomic mass is 10.1. The molecule has 0 atom stereocenters. The first-order valence-electron chi connectivity index (χ1n) is 9.79. The largest absolute Gasteiger partial charge is 0.495 e. The summed E-state index contributed by atoms with van der Waals surface area (Å²) in [5, 5.41) is 12.5. The van der Waals surface area contributed by atoms with Crippen molar-refractivity contribution < 1.29 is 28.5 Å². The van der Waals surface area contributed by atoms with Gasteiger partial charge in [-0.1, -0.05) is 30.3 Å². The summed E-state index contributed by atoms with van der Waals surface area (Å²) in [6, 6.07) is 16.5. The van der Waals surface area contributed by atoms with Crippen molar-refractivity contribution in [2.45, 2.75) is 20.1 Å². The smallest absolute Gasteiger partial charge is 0.335 e. The SMILES string of the molecule is CCOc1cccc(CNc2cc(C(=O)O)ccc2OC)c1OCc1ccccc1F. The summed E-state index contributed by atoms with van der Waals surface area (Å²) >= 11 is 0. The molecule has 2 N–H and O–H groups in total. The number of anilines is 1. The fourth-order valence-electron chi connectivity index (χ4n) is 3.07. The van der Waals surface area contributed by atoms with Crippen LogP contribution in [0.5, 0.6) is 17.2 Å². The Hall–Kier alpha value is -3.74. The molecule has 0 spiro atoms. The predicted octanol–water partition coefficient (Wildman–Crippen LogP) is 5.12. The van der Waals surface area contributed by atoms with Crippen LogP contribution in [0.3, 0.4) is 0 Å². The molecule has 0 heterocycles. The van der Waals surface area contributed by atoms with Gasteiger partial charge in [0.05, 0.1) is 25.0 Å². The minimum atomic E-state index is -1.03. The van der Waals surface area contributed by atoms with Crippen molar-refractivity contribution in [1.29, 1.82) is 0 Å². The van der Waals surface area contributed by atoms with E-state index in [1.807, 2.05) is 19.1 Å². The maximum atomic E-state index is 14.0. The van der Waals surface area contributed by atoms with Crippen molar-refractivity contribution in [2.75, 3.05) is 19.0 Å². The summed E-state index contributed by atoms with van der Waals surface area (Å²) in [4.78, 5) is 11.3. The Kier molecular flexibility index (Phi) is 7.32. The molecule has 7 heteroatoms. The fourth-order valence-corrected chi connectivity index (χ4v) is 3.07. The molecule has 3 aromatic rings. The van der Waals surface area contributed by atoms with Gasteiger partial charge in [0.2, 0.25) is 0 Å². The fraction of sp³-hybridized carbons (Fsp3) is 0.208. The number of halogens is 1. The van der Waals surface area contributed by atoms with Crippen LogP contribution in [-0.2, 0) is 13.2 Å². The Balaban J connectivity index is 1.86. The molecule has 0 saturated carbocycles. The van der Waals surface area contributed by atoms with Crippen LogP contribution in [-0.4, -0.2) is 24.8 Å². The molecule has 6 nitrogen and oxygen atoms in total. The lowest BCUT2D eigenvalue weighted by Gasteiger charge is -2.18. The third-order valence-corrected chi connectivity index (χ3v) is 4.61. The number of hydrogen-bond acceptors (Lipinski definition) is 5. The van der Waals surface area contributed by atoms with Crippen molar-refractivity contribution in [3.05, 3.63) is 83.2 Å². The van der Waals surface area contributed by atoms with Gasteiger partial charge in [-0.05, 0) is 37.3 Å². The Morgan fingerprint density at radius 2 is 1.77 bits per heavy atom. The quantitative estimate of drug-likeness (QED) is 0.469. The van der Waals surface area contributed by atoms with E-state index in [2.05, 4.69) is 5.32 Å². The summed E-state index contributed by atoms with van der Waals surface area (Å²) in [7, 11) is 1.51. The molecule has 31 heavy (non-hydrogen) atoms. The van der Waals surface area contributed by atoms with Gasteiger partial charge >= 0.3 is 5.97 Å². The standard InChI is InChI=1S/C24H24FNO5/c1-3-30-22-10-6-8-17(23(22)31-15-18-7-4-5-9-19(18)25)14-26-20-13-16(24(27)28)11-12-21(20)29-2/h4-13,26H,3,14-15H2,1-2H3,(H,27,28). The molecule has 0 saturated heterocycles. The predicted molar refractivity (Wildman–Crippen MR) is 116 cm³/mol. The monoisotopic (exact) mass is 425 g/mol. The number of nitrogens with one attached hydrogen (secondary N) is 1. The molecule has 0 aromatic heterocycles. The topological polar surface area (TPSA) is 77.0 Å². The zero-order chi connectivity index (χ0) is 22.2. The van der Waals surface area contributed by atoms with Gasteiger partial charge in [-0.25, -0.2) is 9.18 Å². The van der Waals surface area contributed by atoms with Gasteiger partial charge in [-0.3, -0.25) is 0 Å². The van der Waals surface area contributed by atoms with Crippen LogP contribution in [0.1, 0.15) is 28.4 Å². The van der Waals surface area contributed by atoms with E-state index in [0.717, 1.165) is 5.56 Å². The summed E-state index contributed by atoms with van der Waals surface area (Å²) in [6.07, 6.45) is 0. The first-order valence-corrected chi connectivity index (χ1v) is 9.79. The molecular formula is C24H24FNO5. The van der Waals surface area contributed by atoms with Gasteiger partial charge in [0, 0.05) is 17.7 Å². The maximum Gasteiger partial charge on any atom is 0.335 e. The number of ether oxygens (including phenoxy) is 3. The van der Waals surface area contributed by atoms with Crippen molar-refractivity contribution in [2.24, 2.45) is 0 Å². The van der Waals surface area contributed by atoms with Crippen LogP contribution in [0.2, 0.25) is 0 Å². The second-order valence-electron chi connectivity index (χ2n) is 6.63. The molecule has 162 valence electrons. The number of benzene rings is 3. The molecule has 0 aliphatic carbocycles. The minimum absolute atomic E-state index is 0.0432. The highest BCUT2D eigenvalue weighted by atomic mass is 19.1. The molecule has 3 aromatic carbocycles. The van der Waals surface area contributed by atoms with Crippen LogP contribution in [0, 0.1) is 5.82 Å². The number of carbonyl (C=O) groups is 1. The number of hydrogen-bond donors (Lipinski definition) is 2. The van der Waals surface area contributed by atoms with E-state index in [1.54, 1.807) is 30.3 Å². The Labute approximate surface area is 180 Å². The van der Waals surface area contributed by atoms with Gasteiger partial charge in [0.25, 0.3) is 0 Å². The van der Waals surface area contributed by atoms with Crippen molar-refractivity contribution >= 4 is 11.7 Å². The first kappa shape index (κ1) is 22.0.